The monoisotopic (exact) mass is 420 g/mol. The lowest BCUT2D eigenvalue weighted by Crippen LogP contribution is -2.23. The Balaban J connectivity index is 1.53. The van der Waals surface area contributed by atoms with Crippen LogP contribution in [0.4, 0.5) is 0 Å². The number of hydrogen-bond acceptors (Lipinski definition) is 7. The van der Waals surface area contributed by atoms with Gasteiger partial charge in [-0.3, -0.25) is 14.3 Å². The lowest BCUT2D eigenvalue weighted by atomic mass is 10.2. The molecule has 0 N–H and O–H groups in total. The molecule has 0 radical (unpaired) electrons. The molecule has 0 aliphatic heterocycles. The van der Waals surface area contributed by atoms with Crippen LogP contribution in [0.15, 0.2) is 69.3 Å². The number of aromatic nitrogens is 6. The minimum atomic E-state index is -0.0138. The average molecular weight is 421 g/mol. The molecule has 0 saturated carbocycles. The first-order chi connectivity index (χ1) is 14.2. The molecule has 1 aromatic carbocycles. The zero-order valence-electron chi connectivity index (χ0n) is 15.5. The summed E-state index contributed by atoms with van der Waals surface area (Å²) in [5, 5.41) is 5.92. The quantitative estimate of drug-likeness (QED) is 0.398. The summed E-state index contributed by atoms with van der Waals surface area (Å²) >= 11 is 2.87. The summed E-state index contributed by atoms with van der Waals surface area (Å²) in [5.74, 6) is 0. The molecule has 0 unspecified atom stereocenters. The average Bonchev–Trinajstić information content (AvgIpc) is 3.30. The van der Waals surface area contributed by atoms with Crippen molar-refractivity contribution < 1.29 is 0 Å². The van der Waals surface area contributed by atoms with Crippen molar-refractivity contribution in [3.05, 3.63) is 65.3 Å². The van der Waals surface area contributed by atoms with E-state index in [0.29, 0.717) is 22.6 Å². The van der Waals surface area contributed by atoms with Crippen LogP contribution in [0.5, 0.6) is 0 Å². The molecule has 29 heavy (non-hydrogen) atoms. The Bertz CT molecular complexity index is 1340. The Morgan fingerprint density at radius 2 is 2.03 bits per heavy atom. The van der Waals surface area contributed by atoms with Gasteiger partial charge in [0.05, 0.1) is 22.8 Å². The van der Waals surface area contributed by atoms with E-state index in [-0.39, 0.29) is 5.56 Å². The predicted octanol–water partition coefficient (Wildman–Crippen LogP) is 4.12. The van der Waals surface area contributed by atoms with Crippen LogP contribution in [0.2, 0.25) is 0 Å². The first-order valence-corrected chi connectivity index (χ1v) is 10.8. The summed E-state index contributed by atoms with van der Waals surface area (Å²) in [6.45, 7) is 2.67. The second kappa shape index (κ2) is 7.41. The molecule has 9 heteroatoms. The fraction of sp³-hybridized carbons (Fsp3) is 0.150. The molecule has 4 aromatic heterocycles. The van der Waals surface area contributed by atoms with E-state index in [2.05, 4.69) is 15.1 Å². The molecule has 0 saturated heterocycles. The lowest BCUT2D eigenvalue weighted by Gasteiger charge is -2.10. The van der Waals surface area contributed by atoms with Crippen molar-refractivity contribution in [2.75, 3.05) is 0 Å². The standard InChI is InChI=1S/C20H16N6OS2/c1-2-10-25-17(27)14-7-3-4-8-15(14)22-18(25)28-20-24-26-12-16(23-19(26)29-20)13-6-5-9-21-11-13/h3-9,11-12H,2,10H2,1H3. The van der Waals surface area contributed by atoms with Crippen molar-refractivity contribution in [2.24, 2.45) is 0 Å². The van der Waals surface area contributed by atoms with E-state index < -0.39 is 0 Å². The van der Waals surface area contributed by atoms with Gasteiger partial charge in [-0.2, -0.15) is 0 Å². The largest absolute Gasteiger partial charge is 0.287 e. The van der Waals surface area contributed by atoms with Crippen LogP contribution in [0.1, 0.15) is 13.3 Å². The minimum Gasteiger partial charge on any atom is -0.287 e. The second-order valence-electron chi connectivity index (χ2n) is 6.43. The van der Waals surface area contributed by atoms with E-state index in [0.717, 1.165) is 27.0 Å². The summed E-state index contributed by atoms with van der Waals surface area (Å²) in [5.41, 5.74) is 2.47. The maximum atomic E-state index is 12.9. The smallest absolute Gasteiger partial charge is 0.262 e. The van der Waals surface area contributed by atoms with E-state index in [1.54, 1.807) is 21.5 Å². The van der Waals surface area contributed by atoms with Gasteiger partial charge in [0.2, 0.25) is 4.96 Å². The fourth-order valence-electron chi connectivity index (χ4n) is 3.10. The zero-order chi connectivity index (χ0) is 19.8. The molecule has 4 heterocycles. The molecule has 5 aromatic rings. The van der Waals surface area contributed by atoms with E-state index >= 15 is 0 Å². The Morgan fingerprint density at radius 1 is 1.14 bits per heavy atom. The van der Waals surface area contributed by atoms with Gasteiger partial charge in [-0.1, -0.05) is 30.4 Å². The van der Waals surface area contributed by atoms with Gasteiger partial charge in [-0.15, -0.1) is 5.10 Å². The summed E-state index contributed by atoms with van der Waals surface area (Å²) < 4.78 is 4.29. The molecule has 0 bridgehead atoms. The van der Waals surface area contributed by atoms with Gasteiger partial charge < -0.3 is 0 Å². The summed E-state index contributed by atoms with van der Waals surface area (Å²) in [6.07, 6.45) is 6.26. The fourth-order valence-corrected chi connectivity index (χ4v) is 5.04. The predicted molar refractivity (Wildman–Crippen MR) is 115 cm³/mol. The van der Waals surface area contributed by atoms with Crippen LogP contribution < -0.4 is 5.56 Å². The SMILES string of the molecule is CCCn1c(Sc2nn3cc(-c4cccnc4)nc3s2)nc2ccccc2c1=O. The van der Waals surface area contributed by atoms with Crippen LogP contribution in [0.3, 0.4) is 0 Å². The molecule has 0 atom stereocenters. The Kier molecular flexibility index (Phi) is 4.61. The van der Waals surface area contributed by atoms with Crippen molar-refractivity contribution in [1.82, 2.24) is 29.1 Å². The molecular weight excluding hydrogens is 404 g/mol. The van der Waals surface area contributed by atoms with Gasteiger partial charge in [0, 0.05) is 24.5 Å². The van der Waals surface area contributed by atoms with E-state index in [1.165, 1.54) is 23.1 Å². The summed E-state index contributed by atoms with van der Waals surface area (Å²) in [7, 11) is 0. The molecule has 0 aliphatic carbocycles. The van der Waals surface area contributed by atoms with Crippen molar-refractivity contribution >= 4 is 39.0 Å². The number of hydrogen-bond donors (Lipinski definition) is 0. The molecule has 144 valence electrons. The van der Waals surface area contributed by atoms with Gasteiger partial charge in [0.15, 0.2) is 9.50 Å². The van der Waals surface area contributed by atoms with Gasteiger partial charge in [0.1, 0.15) is 0 Å². The number of nitrogens with zero attached hydrogens (tertiary/aromatic N) is 6. The minimum absolute atomic E-state index is 0.0138. The van der Waals surface area contributed by atoms with Crippen LogP contribution in [-0.4, -0.2) is 29.1 Å². The van der Waals surface area contributed by atoms with Crippen LogP contribution >= 0.6 is 23.1 Å². The van der Waals surface area contributed by atoms with Crippen molar-refractivity contribution in [3.63, 3.8) is 0 Å². The number of fused-ring (bicyclic) bond motifs is 2. The van der Waals surface area contributed by atoms with Gasteiger partial charge >= 0.3 is 0 Å². The Hall–Kier alpha value is -3.04. The van der Waals surface area contributed by atoms with Gasteiger partial charge in [-0.25, -0.2) is 14.5 Å². The molecule has 0 amide bonds. The second-order valence-corrected chi connectivity index (χ2v) is 8.60. The maximum absolute atomic E-state index is 12.9. The normalized spacial score (nSPS) is 11.5. The summed E-state index contributed by atoms with van der Waals surface area (Å²) in [4.78, 5) is 27.2. The van der Waals surface area contributed by atoms with Crippen LogP contribution in [0.25, 0.3) is 27.1 Å². The highest BCUT2D eigenvalue weighted by Crippen LogP contribution is 2.31. The third-order valence-electron chi connectivity index (χ3n) is 4.43. The third kappa shape index (κ3) is 3.32. The first-order valence-electron chi connectivity index (χ1n) is 9.17. The maximum Gasteiger partial charge on any atom is 0.262 e. The Labute approximate surface area is 174 Å². The van der Waals surface area contributed by atoms with Crippen molar-refractivity contribution in [1.29, 1.82) is 0 Å². The molecule has 5 rings (SSSR count). The lowest BCUT2D eigenvalue weighted by molar-refractivity contribution is 0.584. The van der Waals surface area contributed by atoms with Gasteiger partial charge in [0.25, 0.3) is 5.56 Å². The number of para-hydroxylation sites is 1. The molecule has 0 fully saturated rings. The van der Waals surface area contributed by atoms with Crippen molar-refractivity contribution in [3.8, 4) is 11.3 Å². The molecule has 7 nitrogen and oxygen atoms in total. The topological polar surface area (TPSA) is 78.0 Å². The Morgan fingerprint density at radius 3 is 2.83 bits per heavy atom. The highest BCUT2D eigenvalue weighted by molar-refractivity contribution is 8.01. The number of benzene rings is 1. The van der Waals surface area contributed by atoms with Crippen LogP contribution in [-0.2, 0) is 6.54 Å². The molecule has 0 aliphatic rings. The van der Waals surface area contributed by atoms with E-state index in [1.807, 2.05) is 49.5 Å². The van der Waals surface area contributed by atoms with E-state index in [9.17, 15) is 4.79 Å². The number of imidazole rings is 1. The summed E-state index contributed by atoms with van der Waals surface area (Å²) in [6, 6.07) is 11.3. The molecule has 0 spiro atoms. The van der Waals surface area contributed by atoms with Crippen molar-refractivity contribution in [2.45, 2.75) is 29.4 Å². The van der Waals surface area contributed by atoms with Crippen LogP contribution in [0, 0.1) is 0 Å². The highest BCUT2D eigenvalue weighted by atomic mass is 32.2. The van der Waals surface area contributed by atoms with Gasteiger partial charge in [-0.05, 0) is 42.4 Å². The number of rotatable bonds is 5. The first kappa shape index (κ1) is 18.0. The molecular formula is C20H16N6OS2. The van der Waals surface area contributed by atoms with E-state index in [4.69, 9.17) is 4.98 Å². The zero-order valence-corrected chi connectivity index (χ0v) is 17.2. The number of pyridine rings is 1. The highest BCUT2D eigenvalue weighted by Gasteiger charge is 2.16. The third-order valence-corrected chi connectivity index (χ3v) is 6.40.